The molecule has 1 amide bonds. The average molecular weight is 241 g/mol. The number of hydrogen-bond acceptors (Lipinski definition) is 2. The molecule has 3 nitrogen and oxygen atoms in total. The molecule has 1 heterocycles. The van der Waals surface area contributed by atoms with Gasteiger partial charge in [-0.15, -0.1) is 0 Å². The fraction of sp³-hybridized carbons (Fsp3) is 0.500. The Morgan fingerprint density at radius 3 is 2.53 bits per heavy atom. The first-order valence-electron chi connectivity index (χ1n) is 5.09. The summed E-state index contributed by atoms with van der Waals surface area (Å²) in [7, 11) is -3.31. The van der Waals surface area contributed by atoms with Gasteiger partial charge in [0, 0.05) is 6.54 Å². The predicted molar refractivity (Wildman–Crippen MR) is 67.3 cm³/mol. The van der Waals surface area contributed by atoms with Crippen molar-refractivity contribution in [2.45, 2.75) is 26.2 Å². The monoisotopic (exact) mass is 241 g/mol. The minimum Gasteiger partial charge on any atom is -0.449 e. The largest absolute Gasteiger partial charge is 0.449 e. The maximum Gasteiger partial charge on any atom is 0.243 e. The molecule has 0 unspecified atom stereocenters. The molecule has 0 fully saturated rings. The van der Waals surface area contributed by atoms with Gasteiger partial charge in [0.05, 0.1) is 0 Å². The lowest BCUT2D eigenvalue weighted by Gasteiger charge is -2.24. The standard InChI is InChI=1S/C10H19NO2Si2/c1-6-10(12)11-7-9-8-14(2,3)13-15(9,4)5/h6,8H,1,7H2,2-5H3,(H,11,12). The molecule has 0 aromatic carbocycles. The molecule has 0 saturated heterocycles. The minimum atomic E-state index is -1.71. The first kappa shape index (κ1) is 12.4. The van der Waals surface area contributed by atoms with Crippen LogP contribution in [0.2, 0.25) is 26.2 Å². The average Bonchev–Trinajstić information content (AvgIpc) is 2.29. The van der Waals surface area contributed by atoms with Crippen LogP contribution in [0.4, 0.5) is 0 Å². The summed E-state index contributed by atoms with van der Waals surface area (Å²) in [6, 6.07) is 0. The highest BCUT2D eigenvalue weighted by Gasteiger charge is 2.41. The van der Waals surface area contributed by atoms with Crippen molar-refractivity contribution in [2.75, 3.05) is 6.54 Å². The van der Waals surface area contributed by atoms with Crippen molar-refractivity contribution in [3.8, 4) is 0 Å². The summed E-state index contributed by atoms with van der Waals surface area (Å²) < 4.78 is 6.12. The van der Waals surface area contributed by atoms with Crippen molar-refractivity contribution >= 4 is 22.5 Å². The van der Waals surface area contributed by atoms with Crippen molar-refractivity contribution in [2.24, 2.45) is 0 Å². The van der Waals surface area contributed by atoms with Crippen LogP contribution < -0.4 is 5.32 Å². The third-order valence-corrected chi connectivity index (χ3v) is 9.80. The Kier molecular flexibility index (Phi) is 3.37. The van der Waals surface area contributed by atoms with Crippen LogP contribution >= 0.6 is 0 Å². The number of nitrogens with one attached hydrogen (secondary N) is 1. The second kappa shape index (κ2) is 4.07. The molecule has 0 saturated carbocycles. The van der Waals surface area contributed by atoms with Gasteiger partial charge < -0.3 is 9.43 Å². The summed E-state index contributed by atoms with van der Waals surface area (Å²) in [6.45, 7) is 12.8. The molecule has 15 heavy (non-hydrogen) atoms. The molecule has 84 valence electrons. The van der Waals surface area contributed by atoms with Gasteiger partial charge in [0.1, 0.15) is 0 Å². The smallest absolute Gasteiger partial charge is 0.243 e. The van der Waals surface area contributed by atoms with Crippen molar-refractivity contribution in [1.29, 1.82) is 0 Å². The molecule has 0 spiro atoms. The van der Waals surface area contributed by atoms with Gasteiger partial charge in [-0.1, -0.05) is 12.3 Å². The zero-order valence-electron chi connectivity index (χ0n) is 9.89. The van der Waals surface area contributed by atoms with E-state index >= 15 is 0 Å². The van der Waals surface area contributed by atoms with Crippen LogP contribution in [0.5, 0.6) is 0 Å². The van der Waals surface area contributed by atoms with Gasteiger partial charge in [-0.3, -0.25) is 4.79 Å². The first-order valence-corrected chi connectivity index (χ1v) is 11.0. The molecule has 1 aliphatic rings. The Bertz CT molecular complexity index is 321. The molecule has 0 radical (unpaired) electrons. The number of rotatable bonds is 3. The lowest BCUT2D eigenvalue weighted by Crippen LogP contribution is -2.39. The summed E-state index contributed by atoms with van der Waals surface area (Å²) in [4.78, 5) is 11.1. The summed E-state index contributed by atoms with van der Waals surface area (Å²) in [5.74, 6) is -0.118. The fourth-order valence-electron chi connectivity index (χ4n) is 1.86. The SMILES string of the molecule is C=CC(=O)NCC1=C[Si](C)(C)O[Si]1(C)C. The van der Waals surface area contributed by atoms with Crippen LogP contribution in [0, 0.1) is 0 Å². The van der Waals surface area contributed by atoms with E-state index in [2.05, 4.69) is 43.8 Å². The lowest BCUT2D eigenvalue weighted by atomic mass is 10.5. The Morgan fingerprint density at radius 2 is 2.13 bits per heavy atom. The van der Waals surface area contributed by atoms with Crippen LogP contribution in [0.3, 0.4) is 0 Å². The van der Waals surface area contributed by atoms with Crippen molar-refractivity contribution in [3.63, 3.8) is 0 Å². The number of carbonyl (C=O) groups excluding carboxylic acids is 1. The van der Waals surface area contributed by atoms with E-state index in [-0.39, 0.29) is 5.91 Å². The van der Waals surface area contributed by atoms with E-state index in [1.165, 1.54) is 11.3 Å². The summed E-state index contributed by atoms with van der Waals surface area (Å²) in [5.41, 5.74) is 2.27. The van der Waals surface area contributed by atoms with E-state index in [1.54, 1.807) is 0 Å². The third-order valence-electron chi connectivity index (χ3n) is 2.45. The Balaban J connectivity index is 2.68. The Hall–Kier alpha value is -0.656. The zero-order valence-corrected chi connectivity index (χ0v) is 11.9. The molecule has 0 aromatic rings. The van der Waals surface area contributed by atoms with E-state index in [0.717, 1.165) is 0 Å². The molecule has 1 rings (SSSR count). The third kappa shape index (κ3) is 3.15. The topological polar surface area (TPSA) is 38.3 Å². The highest BCUT2D eigenvalue weighted by molar-refractivity contribution is 6.95. The van der Waals surface area contributed by atoms with Gasteiger partial charge in [0.2, 0.25) is 14.2 Å². The highest BCUT2D eigenvalue weighted by atomic mass is 28.4. The maximum atomic E-state index is 11.1. The molecule has 0 atom stereocenters. The highest BCUT2D eigenvalue weighted by Crippen LogP contribution is 2.30. The van der Waals surface area contributed by atoms with E-state index < -0.39 is 16.6 Å². The van der Waals surface area contributed by atoms with Crippen LogP contribution in [0.15, 0.2) is 23.6 Å². The van der Waals surface area contributed by atoms with Gasteiger partial charge in [0.15, 0.2) is 8.32 Å². The fourth-order valence-corrected chi connectivity index (χ4v) is 11.8. The van der Waals surface area contributed by atoms with E-state index in [4.69, 9.17) is 4.12 Å². The summed E-state index contributed by atoms with van der Waals surface area (Å²) in [6.07, 6.45) is 1.30. The van der Waals surface area contributed by atoms with Gasteiger partial charge in [-0.25, -0.2) is 0 Å². The molecular weight excluding hydrogens is 222 g/mol. The van der Waals surface area contributed by atoms with E-state index in [0.29, 0.717) is 6.54 Å². The molecule has 1 aliphatic heterocycles. The minimum absolute atomic E-state index is 0.118. The molecule has 5 heteroatoms. The van der Waals surface area contributed by atoms with Crippen molar-refractivity contribution in [3.05, 3.63) is 23.6 Å². The molecule has 1 N–H and O–H groups in total. The molecule has 0 aromatic heterocycles. The second-order valence-corrected chi connectivity index (χ2v) is 12.8. The molecule has 0 aliphatic carbocycles. The summed E-state index contributed by atoms with van der Waals surface area (Å²) >= 11 is 0. The van der Waals surface area contributed by atoms with Crippen LogP contribution in [0.25, 0.3) is 0 Å². The maximum absolute atomic E-state index is 11.1. The molecular formula is C10H19NO2Si2. The van der Waals surface area contributed by atoms with Gasteiger partial charge >= 0.3 is 0 Å². The Morgan fingerprint density at radius 1 is 1.53 bits per heavy atom. The van der Waals surface area contributed by atoms with Crippen molar-refractivity contribution in [1.82, 2.24) is 5.32 Å². The van der Waals surface area contributed by atoms with Gasteiger partial charge in [-0.2, -0.15) is 0 Å². The normalized spacial score (nSPS) is 22.0. The number of amides is 1. The quantitative estimate of drug-likeness (QED) is 0.604. The van der Waals surface area contributed by atoms with E-state index in [9.17, 15) is 4.79 Å². The first-order chi connectivity index (χ1) is 6.77. The van der Waals surface area contributed by atoms with Crippen LogP contribution in [0.1, 0.15) is 0 Å². The lowest BCUT2D eigenvalue weighted by molar-refractivity contribution is -0.116. The molecule has 0 bridgehead atoms. The Labute approximate surface area is 93.5 Å². The predicted octanol–water partition coefficient (Wildman–Crippen LogP) is 1.73. The van der Waals surface area contributed by atoms with Crippen LogP contribution in [-0.4, -0.2) is 29.1 Å². The number of carbonyl (C=O) groups is 1. The van der Waals surface area contributed by atoms with Gasteiger partial charge in [0.25, 0.3) is 0 Å². The number of hydrogen-bond donors (Lipinski definition) is 1. The zero-order chi connectivity index (χ0) is 11.7. The van der Waals surface area contributed by atoms with E-state index in [1.807, 2.05) is 0 Å². The summed E-state index contributed by atoms with van der Waals surface area (Å²) in [5, 5.41) is 4.12. The van der Waals surface area contributed by atoms with Crippen LogP contribution in [-0.2, 0) is 8.91 Å². The second-order valence-electron chi connectivity index (χ2n) is 4.81. The van der Waals surface area contributed by atoms with Gasteiger partial charge in [-0.05, 0) is 37.5 Å². The van der Waals surface area contributed by atoms with Crippen molar-refractivity contribution < 1.29 is 8.91 Å².